The van der Waals surface area contributed by atoms with Crippen LogP contribution in [0.4, 0.5) is 0 Å². The van der Waals surface area contributed by atoms with Gasteiger partial charge in [-0.3, -0.25) is 4.79 Å². The molecule has 0 aromatic rings. The normalized spacial score (nSPS) is 9.67. The maximum atomic E-state index is 10.5. The molecule has 0 spiro atoms. The summed E-state index contributed by atoms with van der Waals surface area (Å²) in [5.74, 6) is -3.81. The maximum absolute atomic E-state index is 10.5. The number of aliphatic carboxylic acids is 2. The van der Waals surface area contributed by atoms with Gasteiger partial charge in [-0.1, -0.05) is 0 Å². The van der Waals surface area contributed by atoms with Crippen molar-refractivity contribution in [3.8, 4) is 0 Å². The van der Waals surface area contributed by atoms with E-state index in [4.69, 9.17) is 0 Å². The molecule has 0 bridgehead atoms. The molecular formula is C6H5NO5-2. The Morgan fingerprint density at radius 3 is 2.17 bits per heavy atom. The first kappa shape index (κ1) is 10.2. The van der Waals surface area contributed by atoms with Gasteiger partial charge in [0, 0.05) is 6.08 Å². The highest BCUT2D eigenvalue weighted by atomic mass is 16.4. The number of hydrogen-bond donors (Lipinski definition) is 1. The monoisotopic (exact) mass is 171 g/mol. The van der Waals surface area contributed by atoms with Crippen LogP contribution < -0.4 is 15.5 Å². The van der Waals surface area contributed by atoms with E-state index in [1.807, 2.05) is 5.32 Å². The van der Waals surface area contributed by atoms with E-state index < -0.39 is 24.4 Å². The third-order valence-electron chi connectivity index (χ3n) is 0.778. The lowest BCUT2D eigenvalue weighted by molar-refractivity contribution is -0.304. The van der Waals surface area contributed by atoms with Gasteiger partial charge in [0.25, 0.3) is 0 Å². The van der Waals surface area contributed by atoms with Crippen molar-refractivity contribution in [2.75, 3.05) is 6.54 Å². The van der Waals surface area contributed by atoms with Gasteiger partial charge in [-0.05, 0) is 6.08 Å². The Morgan fingerprint density at radius 1 is 1.17 bits per heavy atom. The van der Waals surface area contributed by atoms with Crippen molar-refractivity contribution in [1.29, 1.82) is 0 Å². The van der Waals surface area contributed by atoms with Crippen LogP contribution in [-0.4, -0.2) is 24.4 Å². The zero-order chi connectivity index (χ0) is 9.56. The molecular weight excluding hydrogens is 166 g/mol. The number of carbonyl (C=O) groups is 3. The summed E-state index contributed by atoms with van der Waals surface area (Å²) in [6.07, 6.45) is 1.14. The maximum Gasteiger partial charge on any atom is 0.244 e. The summed E-state index contributed by atoms with van der Waals surface area (Å²) in [4.78, 5) is 30.0. The Hall–Kier alpha value is -1.85. The fraction of sp³-hybridized carbons (Fsp3) is 0.167. The molecule has 0 aliphatic carbocycles. The predicted molar refractivity (Wildman–Crippen MR) is 32.2 cm³/mol. The highest BCUT2D eigenvalue weighted by molar-refractivity contribution is 5.94. The third kappa shape index (κ3) is 6.27. The standard InChI is InChI=1S/C6H7NO5/c8-4(1-2-5(9)10)7-3-6(11)12/h1-2H,3H2,(H,7,8)(H,9,10)(H,11,12)/p-2. The van der Waals surface area contributed by atoms with E-state index in [0.29, 0.717) is 12.2 Å². The highest BCUT2D eigenvalue weighted by Gasteiger charge is 1.92. The fourth-order valence-electron chi connectivity index (χ4n) is 0.362. The largest absolute Gasteiger partial charge is 0.548 e. The minimum absolute atomic E-state index is 0.491. The molecule has 0 aliphatic heterocycles. The molecule has 0 radical (unpaired) electrons. The Labute approximate surface area is 67.5 Å². The molecule has 12 heavy (non-hydrogen) atoms. The van der Waals surface area contributed by atoms with Gasteiger partial charge < -0.3 is 25.1 Å². The summed E-state index contributed by atoms with van der Waals surface area (Å²) < 4.78 is 0. The number of nitrogens with one attached hydrogen (secondary N) is 1. The average Bonchev–Trinajstić information content (AvgIpc) is 1.96. The Bertz CT molecular complexity index is 232. The van der Waals surface area contributed by atoms with Crippen LogP contribution in [0.25, 0.3) is 0 Å². The van der Waals surface area contributed by atoms with Gasteiger partial charge >= 0.3 is 0 Å². The summed E-state index contributed by atoms with van der Waals surface area (Å²) in [5.41, 5.74) is 0. The van der Waals surface area contributed by atoms with E-state index in [0.717, 1.165) is 0 Å². The van der Waals surface area contributed by atoms with E-state index in [9.17, 15) is 24.6 Å². The molecule has 6 heteroatoms. The summed E-state index contributed by atoms with van der Waals surface area (Å²) in [6.45, 7) is -0.657. The lowest BCUT2D eigenvalue weighted by atomic mass is 10.4. The van der Waals surface area contributed by atoms with Gasteiger partial charge in [0.15, 0.2) is 0 Å². The van der Waals surface area contributed by atoms with Crippen LogP contribution in [0.3, 0.4) is 0 Å². The molecule has 0 aromatic carbocycles. The van der Waals surface area contributed by atoms with Crippen LogP contribution in [0.15, 0.2) is 12.2 Å². The first-order chi connectivity index (χ1) is 5.52. The van der Waals surface area contributed by atoms with Crippen molar-refractivity contribution < 1.29 is 24.6 Å². The molecule has 0 atom stereocenters. The molecule has 0 unspecified atom stereocenters. The number of carbonyl (C=O) groups excluding carboxylic acids is 3. The van der Waals surface area contributed by atoms with Crippen molar-refractivity contribution in [2.45, 2.75) is 0 Å². The van der Waals surface area contributed by atoms with Crippen molar-refractivity contribution in [3.05, 3.63) is 12.2 Å². The molecule has 1 amide bonds. The van der Waals surface area contributed by atoms with Gasteiger partial charge in [0.2, 0.25) is 5.91 Å². The van der Waals surface area contributed by atoms with Crippen LogP contribution in [0, 0.1) is 0 Å². The summed E-state index contributed by atoms with van der Waals surface area (Å²) in [7, 11) is 0. The minimum atomic E-state index is -1.53. The van der Waals surface area contributed by atoms with Gasteiger partial charge in [0.05, 0.1) is 18.5 Å². The summed E-state index contributed by atoms with van der Waals surface area (Å²) in [5, 5.41) is 21.4. The number of rotatable bonds is 4. The second-order valence-electron chi connectivity index (χ2n) is 1.74. The summed E-state index contributed by atoms with van der Waals surface area (Å²) >= 11 is 0. The molecule has 0 aromatic heterocycles. The van der Waals surface area contributed by atoms with Crippen LogP contribution in [-0.2, 0) is 14.4 Å². The van der Waals surface area contributed by atoms with Crippen LogP contribution in [0.5, 0.6) is 0 Å². The van der Waals surface area contributed by atoms with E-state index in [2.05, 4.69) is 0 Å². The van der Waals surface area contributed by atoms with Crippen molar-refractivity contribution >= 4 is 17.8 Å². The smallest absolute Gasteiger partial charge is 0.244 e. The Morgan fingerprint density at radius 2 is 1.75 bits per heavy atom. The van der Waals surface area contributed by atoms with Gasteiger partial charge in [-0.15, -0.1) is 0 Å². The minimum Gasteiger partial charge on any atom is -0.548 e. The summed E-state index contributed by atoms with van der Waals surface area (Å²) in [6, 6.07) is 0. The molecule has 0 fully saturated rings. The quantitative estimate of drug-likeness (QED) is 0.435. The van der Waals surface area contributed by atoms with Crippen LogP contribution >= 0.6 is 0 Å². The fourth-order valence-corrected chi connectivity index (χ4v) is 0.362. The molecule has 0 rings (SSSR count). The molecule has 6 nitrogen and oxygen atoms in total. The van der Waals surface area contributed by atoms with Crippen molar-refractivity contribution in [3.63, 3.8) is 0 Å². The third-order valence-corrected chi connectivity index (χ3v) is 0.778. The molecule has 0 heterocycles. The second-order valence-corrected chi connectivity index (χ2v) is 1.74. The highest BCUT2D eigenvalue weighted by Crippen LogP contribution is 1.71. The average molecular weight is 171 g/mol. The van der Waals surface area contributed by atoms with E-state index in [1.165, 1.54) is 0 Å². The van der Waals surface area contributed by atoms with E-state index in [-0.39, 0.29) is 0 Å². The van der Waals surface area contributed by atoms with Gasteiger partial charge in [-0.2, -0.15) is 0 Å². The number of carboxylic acid groups (broad SMARTS) is 2. The number of amides is 1. The predicted octanol–water partition coefficient (Wildman–Crippen LogP) is -3.84. The molecule has 1 N–H and O–H groups in total. The van der Waals surface area contributed by atoms with Gasteiger partial charge in [0.1, 0.15) is 0 Å². The lowest BCUT2D eigenvalue weighted by Gasteiger charge is -2.01. The molecule has 0 saturated heterocycles. The molecule has 66 valence electrons. The SMILES string of the molecule is O=C([O-])C=CC(=O)NCC(=O)[O-]. The van der Waals surface area contributed by atoms with Gasteiger partial charge in [-0.25, -0.2) is 0 Å². The Balaban J connectivity index is 3.75. The number of carboxylic acids is 2. The van der Waals surface area contributed by atoms with E-state index in [1.54, 1.807) is 0 Å². The van der Waals surface area contributed by atoms with Crippen molar-refractivity contribution in [2.24, 2.45) is 0 Å². The number of hydrogen-bond acceptors (Lipinski definition) is 5. The second kappa shape index (κ2) is 4.89. The lowest BCUT2D eigenvalue weighted by Crippen LogP contribution is -2.37. The Kier molecular flexibility index (Phi) is 4.13. The topological polar surface area (TPSA) is 109 Å². The van der Waals surface area contributed by atoms with Crippen molar-refractivity contribution in [1.82, 2.24) is 5.32 Å². The van der Waals surface area contributed by atoms with Crippen LogP contribution in [0.1, 0.15) is 0 Å². The zero-order valence-corrected chi connectivity index (χ0v) is 5.90. The molecule has 0 saturated carbocycles. The van der Waals surface area contributed by atoms with E-state index >= 15 is 0 Å². The zero-order valence-electron chi connectivity index (χ0n) is 5.90. The first-order valence-corrected chi connectivity index (χ1v) is 2.89. The van der Waals surface area contributed by atoms with Crippen LogP contribution in [0.2, 0.25) is 0 Å². The molecule has 0 aliphatic rings. The first-order valence-electron chi connectivity index (χ1n) is 2.89.